The van der Waals surface area contributed by atoms with E-state index in [1.807, 2.05) is 60.7 Å². The van der Waals surface area contributed by atoms with Gasteiger partial charge >= 0.3 is 0 Å². The van der Waals surface area contributed by atoms with E-state index in [0.29, 0.717) is 18.4 Å². The summed E-state index contributed by atoms with van der Waals surface area (Å²) in [6.45, 7) is 0.580. The first-order valence-corrected chi connectivity index (χ1v) is 12.8. The number of β-amino-alcohol motifs (C(OH)–C–C–N with tert-alkyl or cyclic N) is 1. The van der Waals surface area contributed by atoms with E-state index in [1.54, 1.807) is 17.0 Å². The van der Waals surface area contributed by atoms with Crippen molar-refractivity contribution in [3.05, 3.63) is 90.5 Å². The predicted molar refractivity (Wildman–Crippen MR) is 141 cm³/mol. The number of rotatable bonds is 5. The van der Waals surface area contributed by atoms with Gasteiger partial charge in [0.05, 0.1) is 37.9 Å². The van der Waals surface area contributed by atoms with Crippen LogP contribution in [0.25, 0.3) is 11.1 Å². The van der Waals surface area contributed by atoms with Gasteiger partial charge in [0, 0.05) is 17.8 Å². The molecule has 0 aromatic heterocycles. The van der Waals surface area contributed by atoms with Crippen molar-refractivity contribution in [3.8, 4) is 11.1 Å². The Kier molecular flexibility index (Phi) is 7.94. The molecule has 4 atom stereocenters. The number of fused-ring (bicyclic) bond motifs is 1. The number of carbonyl (C=O) groups is 2. The van der Waals surface area contributed by atoms with Crippen molar-refractivity contribution in [1.82, 2.24) is 4.90 Å². The number of hydrogen-bond acceptors (Lipinski definition) is 5. The molecule has 37 heavy (non-hydrogen) atoms. The summed E-state index contributed by atoms with van der Waals surface area (Å²) in [6, 6.07) is 26.7. The molecule has 2 N–H and O–H groups in total. The number of hydrogen-bond donors (Lipinski definition) is 2. The number of ether oxygens (including phenoxy) is 2. The molecular weight excluding hydrogens is 468 g/mol. The van der Waals surface area contributed by atoms with Crippen molar-refractivity contribution in [2.75, 3.05) is 25.1 Å². The zero-order chi connectivity index (χ0) is 25.6. The summed E-state index contributed by atoms with van der Waals surface area (Å²) in [7, 11) is 0. The number of nitrogens with zero attached hydrogens (tertiary/aromatic N) is 1. The van der Waals surface area contributed by atoms with E-state index in [2.05, 4.69) is 17.4 Å². The first kappa shape index (κ1) is 25.1. The van der Waals surface area contributed by atoms with Gasteiger partial charge in [0.2, 0.25) is 5.91 Å². The van der Waals surface area contributed by atoms with Crippen molar-refractivity contribution >= 4 is 17.5 Å². The molecule has 3 aromatic rings. The highest BCUT2D eigenvalue weighted by molar-refractivity contribution is 5.94. The van der Waals surface area contributed by atoms with Crippen LogP contribution in [0.5, 0.6) is 0 Å². The molecule has 0 unspecified atom stereocenters. The molecule has 0 radical (unpaired) electrons. The maximum Gasteiger partial charge on any atom is 0.254 e. The highest BCUT2D eigenvalue weighted by Crippen LogP contribution is 2.29. The number of benzene rings is 3. The van der Waals surface area contributed by atoms with Gasteiger partial charge in [-0.05, 0) is 48.2 Å². The van der Waals surface area contributed by atoms with E-state index < -0.39 is 6.10 Å². The Hall–Kier alpha value is -3.52. The summed E-state index contributed by atoms with van der Waals surface area (Å²) in [4.78, 5) is 27.8. The maximum absolute atomic E-state index is 13.3. The molecule has 5 rings (SSSR count). The molecule has 192 valence electrons. The van der Waals surface area contributed by atoms with Gasteiger partial charge in [-0.2, -0.15) is 0 Å². The molecule has 2 aliphatic rings. The summed E-state index contributed by atoms with van der Waals surface area (Å²) >= 11 is 0. The number of anilines is 1. The molecule has 0 spiro atoms. The van der Waals surface area contributed by atoms with Gasteiger partial charge in [-0.25, -0.2) is 0 Å². The quantitative estimate of drug-likeness (QED) is 0.550. The molecular formula is C30H32N2O5. The number of aliphatic hydroxyl groups is 1. The van der Waals surface area contributed by atoms with Crippen molar-refractivity contribution in [1.29, 1.82) is 0 Å². The average Bonchev–Trinajstić information content (AvgIpc) is 2.92. The lowest BCUT2D eigenvalue weighted by molar-refractivity contribution is -0.149. The van der Waals surface area contributed by atoms with Crippen LogP contribution in [0.1, 0.15) is 29.6 Å². The topological polar surface area (TPSA) is 88.1 Å². The number of aliphatic hydroxyl groups excluding tert-OH is 1. The van der Waals surface area contributed by atoms with Gasteiger partial charge in [0.15, 0.2) is 0 Å². The fourth-order valence-corrected chi connectivity index (χ4v) is 5.12. The van der Waals surface area contributed by atoms with E-state index in [4.69, 9.17) is 9.47 Å². The number of amides is 2. The Labute approximate surface area is 217 Å². The Morgan fingerprint density at radius 2 is 1.54 bits per heavy atom. The van der Waals surface area contributed by atoms with E-state index in [0.717, 1.165) is 16.8 Å². The van der Waals surface area contributed by atoms with Gasteiger partial charge in [-0.15, -0.1) is 0 Å². The maximum atomic E-state index is 13.3. The molecule has 0 saturated carbocycles. The minimum Gasteiger partial charge on any atom is -0.389 e. The number of nitrogens with one attached hydrogen (secondary N) is 1. The summed E-state index contributed by atoms with van der Waals surface area (Å²) in [5, 5.41) is 13.3. The summed E-state index contributed by atoms with van der Waals surface area (Å²) in [5.41, 5.74) is 3.53. The van der Waals surface area contributed by atoms with Crippen LogP contribution in [0.2, 0.25) is 0 Å². The molecule has 3 aromatic carbocycles. The van der Waals surface area contributed by atoms with Crippen LogP contribution in [-0.4, -0.2) is 65.9 Å². The minimum atomic E-state index is -0.759. The molecule has 2 saturated heterocycles. The van der Waals surface area contributed by atoms with Crippen molar-refractivity contribution < 1.29 is 24.2 Å². The summed E-state index contributed by atoms with van der Waals surface area (Å²) in [5.74, 6) is -0.245. The Balaban J connectivity index is 1.20. The van der Waals surface area contributed by atoms with Gasteiger partial charge in [-0.1, -0.05) is 60.7 Å². The lowest BCUT2D eigenvalue weighted by atomic mass is 9.94. The normalized spacial score (nSPS) is 23.9. The summed E-state index contributed by atoms with van der Waals surface area (Å²) < 4.78 is 12.0. The highest BCUT2D eigenvalue weighted by atomic mass is 16.5. The third-order valence-electron chi connectivity index (χ3n) is 6.95. The van der Waals surface area contributed by atoms with Crippen LogP contribution < -0.4 is 5.32 Å². The number of carbonyl (C=O) groups excluding carboxylic acids is 2. The Bertz CT molecular complexity index is 1190. The third kappa shape index (κ3) is 6.25. The van der Waals surface area contributed by atoms with Gasteiger partial charge < -0.3 is 24.8 Å². The van der Waals surface area contributed by atoms with E-state index in [-0.39, 0.29) is 56.2 Å². The van der Waals surface area contributed by atoms with Crippen LogP contribution in [0.4, 0.5) is 5.69 Å². The van der Waals surface area contributed by atoms with Crippen LogP contribution >= 0.6 is 0 Å². The standard InChI is InChI=1S/C30H32N2O5/c33-25-18-32(30(35)23-9-5-2-6-10-23)27-16-15-26(37-28(27)20-36-19-25)17-29(34)31-24-13-11-22(12-14-24)21-7-3-1-4-8-21/h1-14,25-28,33H,15-20H2,(H,31,34)/t25-,26+,27-,28+/m1/s1. The van der Waals surface area contributed by atoms with E-state index >= 15 is 0 Å². The molecule has 2 amide bonds. The van der Waals surface area contributed by atoms with Crippen molar-refractivity contribution in [2.24, 2.45) is 0 Å². The first-order chi connectivity index (χ1) is 18.1. The zero-order valence-electron chi connectivity index (χ0n) is 20.7. The lowest BCUT2D eigenvalue weighted by Gasteiger charge is -2.44. The van der Waals surface area contributed by atoms with E-state index in [9.17, 15) is 14.7 Å². The van der Waals surface area contributed by atoms with Gasteiger partial charge in [0.1, 0.15) is 6.10 Å². The first-order valence-electron chi connectivity index (χ1n) is 12.8. The fourth-order valence-electron chi connectivity index (χ4n) is 5.12. The SMILES string of the molecule is O=C(C[C@@H]1CC[C@@H]2[C@H](COC[C@H](O)CN2C(=O)c2ccccc2)O1)Nc1ccc(-c2ccccc2)cc1. The monoisotopic (exact) mass is 500 g/mol. The van der Waals surface area contributed by atoms with Crippen molar-refractivity contribution in [3.63, 3.8) is 0 Å². The Morgan fingerprint density at radius 1 is 0.865 bits per heavy atom. The lowest BCUT2D eigenvalue weighted by Crippen LogP contribution is -2.57. The fraction of sp³-hybridized carbons (Fsp3) is 0.333. The third-order valence-corrected chi connectivity index (χ3v) is 6.95. The van der Waals surface area contributed by atoms with Crippen molar-refractivity contribution in [2.45, 2.75) is 43.6 Å². The minimum absolute atomic E-state index is 0.115. The largest absolute Gasteiger partial charge is 0.389 e. The van der Waals surface area contributed by atoms with Crippen LogP contribution in [0.3, 0.4) is 0 Å². The molecule has 2 fully saturated rings. The van der Waals surface area contributed by atoms with Gasteiger partial charge in [0.25, 0.3) is 5.91 Å². The molecule has 2 heterocycles. The average molecular weight is 501 g/mol. The molecule has 7 nitrogen and oxygen atoms in total. The van der Waals surface area contributed by atoms with Crippen LogP contribution in [0.15, 0.2) is 84.9 Å². The zero-order valence-corrected chi connectivity index (χ0v) is 20.7. The second-order valence-corrected chi connectivity index (χ2v) is 9.65. The summed E-state index contributed by atoms with van der Waals surface area (Å²) in [6.07, 6.45) is 0.131. The van der Waals surface area contributed by atoms with Gasteiger partial charge in [-0.3, -0.25) is 9.59 Å². The van der Waals surface area contributed by atoms with E-state index in [1.165, 1.54) is 0 Å². The molecule has 2 aliphatic heterocycles. The van der Waals surface area contributed by atoms with Crippen LogP contribution in [0, 0.1) is 0 Å². The van der Waals surface area contributed by atoms with Crippen LogP contribution in [-0.2, 0) is 14.3 Å². The second kappa shape index (κ2) is 11.7. The highest BCUT2D eigenvalue weighted by Gasteiger charge is 2.40. The molecule has 0 aliphatic carbocycles. The predicted octanol–water partition coefficient (Wildman–Crippen LogP) is 4.13. The Morgan fingerprint density at radius 3 is 2.27 bits per heavy atom. The second-order valence-electron chi connectivity index (χ2n) is 9.65. The smallest absolute Gasteiger partial charge is 0.254 e. The molecule has 7 heteroatoms. The molecule has 0 bridgehead atoms.